The fourth-order valence-electron chi connectivity index (χ4n) is 4.13. The molecular weight excluding hydrogens is 380 g/mol. The molecule has 0 bridgehead atoms. The second-order valence-electron chi connectivity index (χ2n) is 7.56. The third kappa shape index (κ3) is 4.27. The minimum atomic E-state index is -0.678. The minimum Gasteiger partial charge on any atom is -0.452 e. The average Bonchev–Trinajstić information content (AvgIpc) is 2.78. The van der Waals surface area contributed by atoms with Crippen LogP contribution < -0.4 is 10.5 Å². The molecule has 30 heavy (non-hydrogen) atoms. The van der Waals surface area contributed by atoms with Gasteiger partial charge in [0.2, 0.25) is 5.56 Å². The average molecular weight is 404 g/mol. The summed E-state index contributed by atoms with van der Waals surface area (Å²) in [4.78, 5) is 42.2. The van der Waals surface area contributed by atoms with Gasteiger partial charge in [-0.05, 0) is 31.0 Å². The summed E-state index contributed by atoms with van der Waals surface area (Å²) in [5.74, 6) is -0.932. The molecule has 1 aliphatic carbocycles. The summed E-state index contributed by atoms with van der Waals surface area (Å²) in [7, 11) is 0. The van der Waals surface area contributed by atoms with Crippen molar-refractivity contribution in [2.45, 2.75) is 38.1 Å². The summed E-state index contributed by atoms with van der Waals surface area (Å²) in [6.45, 7) is -0.370. The van der Waals surface area contributed by atoms with Crippen LogP contribution in [0.25, 0.3) is 10.9 Å². The lowest BCUT2D eigenvalue weighted by molar-refractivity contribution is -0.122. The van der Waals surface area contributed by atoms with E-state index in [1.54, 1.807) is 29.2 Å². The molecule has 1 heterocycles. The molecule has 1 N–H and O–H groups in total. The molecule has 0 aliphatic heterocycles. The first-order valence-electron chi connectivity index (χ1n) is 10.3. The molecule has 1 amide bonds. The Hall–Kier alpha value is -3.41. The van der Waals surface area contributed by atoms with E-state index in [-0.39, 0.29) is 29.7 Å². The monoisotopic (exact) mass is 404 g/mol. The fourth-order valence-corrected chi connectivity index (χ4v) is 4.13. The predicted octanol–water partition coefficient (Wildman–Crippen LogP) is 4.05. The van der Waals surface area contributed by atoms with Gasteiger partial charge in [0.1, 0.15) is 0 Å². The molecule has 1 aromatic heterocycles. The SMILES string of the molecule is O=C(OCC(=O)N(c1ccccc1)C1CCCCC1)c1cc(=O)[nH]c2ccccc12. The summed E-state index contributed by atoms with van der Waals surface area (Å²) in [5, 5.41) is 0.585. The summed E-state index contributed by atoms with van der Waals surface area (Å²) < 4.78 is 5.36. The molecule has 3 aromatic rings. The maximum absolute atomic E-state index is 13.1. The van der Waals surface area contributed by atoms with Crippen LogP contribution in [0.2, 0.25) is 0 Å². The Morgan fingerprint density at radius 1 is 0.967 bits per heavy atom. The van der Waals surface area contributed by atoms with Crippen LogP contribution in [0.4, 0.5) is 5.69 Å². The fraction of sp³-hybridized carbons (Fsp3) is 0.292. The maximum atomic E-state index is 13.1. The van der Waals surface area contributed by atoms with Gasteiger partial charge in [-0.1, -0.05) is 55.7 Å². The zero-order valence-corrected chi connectivity index (χ0v) is 16.7. The third-order valence-electron chi connectivity index (χ3n) is 5.54. The van der Waals surface area contributed by atoms with E-state index in [1.807, 2.05) is 30.3 Å². The van der Waals surface area contributed by atoms with Crippen LogP contribution in [0.15, 0.2) is 65.5 Å². The van der Waals surface area contributed by atoms with Gasteiger partial charge >= 0.3 is 5.97 Å². The number of aromatic nitrogens is 1. The molecule has 0 unspecified atom stereocenters. The van der Waals surface area contributed by atoms with Crippen molar-refractivity contribution in [3.63, 3.8) is 0 Å². The second kappa shape index (κ2) is 8.95. The van der Waals surface area contributed by atoms with Crippen LogP contribution in [-0.2, 0) is 9.53 Å². The van der Waals surface area contributed by atoms with Crippen molar-refractivity contribution in [2.24, 2.45) is 0 Å². The largest absolute Gasteiger partial charge is 0.452 e. The quantitative estimate of drug-likeness (QED) is 0.651. The number of nitrogens with zero attached hydrogens (tertiary/aromatic N) is 1. The second-order valence-corrected chi connectivity index (χ2v) is 7.56. The first kappa shape index (κ1) is 19.9. The number of ether oxygens (including phenoxy) is 1. The van der Waals surface area contributed by atoms with Crippen molar-refractivity contribution < 1.29 is 14.3 Å². The molecule has 6 heteroatoms. The van der Waals surface area contributed by atoms with Crippen molar-refractivity contribution >= 4 is 28.5 Å². The Kier molecular flexibility index (Phi) is 5.93. The smallest absolute Gasteiger partial charge is 0.339 e. The Labute approximate surface area is 174 Å². The van der Waals surface area contributed by atoms with E-state index in [4.69, 9.17) is 4.74 Å². The summed E-state index contributed by atoms with van der Waals surface area (Å²) in [6.07, 6.45) is 5.22. The Balaban J connectivity index is 1.54. The lowest BCUT2D eigenvalue weighted by Crippen LogP contribution is -2.43. The zero-order chi connectivity index (χ0) is 20.9. The molecule has 1 fully saturated rings. The maximum Gasteiger partial charge on any atom is 0.339 e. The van der Waals surface area contributed by atoms with Crippen molar-refractivity contribution in [3.8, 4) is 0 Å². The highest BCUT2D eigenvalue weighted by molar-refractivity contribution is 6.04. The minimum absolute atomic E-state index is 0.104. The van der Waals surface area contributed by atoms with Gasteiger partial charge in [0.15, 0.2) is 6.61 Å². The number of fused-ring (bicyclic) bond motifs is 1. The van der Waals surface area contributed by atoms with Crippen molar-refractivity contribution in [2.75, 3.05) is 11.5 Å². The van der Waals surface area contributed by atoms with Crippen molar-refractivity contribution in [1.29, 1.82) is 0 Å². The number of nitrogens with one attached hydrogen (secondary N) is 1. The highest BCUT2D eigenvalue weighted by Crippen LogP contribution is 2.27. The van der Waals surface area contributed by atoms with E-state index >= 15 is 0 Å². The number of hydrogen-bond donors (Lipinski definition) is 1. The number of benzene rings is 2. The van der Waals surface area contributed by atoms with Crippen LogP contribution in [0.1, 0.15) is 42.5 Å². The van der Waals surface area contributed by atoms with E-state index in [9.17, 15) is 14.4 Å². The molecule has 6 nitrogen and oxygen atoms in total. The number of H-pyrrole nitrogens is 1. The summed E-state index contributed by atoms with van der Waals surface area (Å²) >= 11 is 0. The first-order valence-corrected chi connectivity index (χ1v) is 10.3. The standard InChI is InChI=1S/C24H24N2O4/c27-22-15-20(19-13-7-8-14-21(19)25-22)24(29)30-16-23(28)26(17-9-3-1-4-10-17)18-11-5-2-6-12-18/h1,3-4,7-10,13-15,18H,2,5-6,11-12,16H2,(H,25,27). The molecule has 0 saturated heterocycles. The van der Waals surface area contributed by atoms with Gasteiger partial charge < -0.3 is 14.6 Å². The molecular formula is C24H24N2O4. The number of aromatic amines is 1. The number of esters is 1. The highest BCUT2D eigenvalue weighted by atomic mass is 16.5. The lowest BCUT2D eigenvalue weighted by Gasteiger charge is -2.34. The first-order chi connectivity index (χ1) is 14.6. The van der Waals surface area contributed by atoms with Crippen molar-refractivity contribution in [1.82, 2.24) is 4.98 Å². The van der Waals surface area contributed by atoms with E-state index in [0.717, 1.165) is 31.4 Å². The Morgan fingerprint density at radius 3 is 2.43 bits per heavy atom. The normalized spacial score (nSPS) is 14.4. The van der Waals surface area contributed by atoms with Gasteiger partial charge in [0.05, 0.1) is 5.56 Å². The number of hydrogen-bond acceptors (Lipinski definition) is 4. The van der Waals surface area contributed by atoms with Gasteiger partial charge in [0, 0.05) is 28.7 Å². The topological polar surface area (TPSA) is 79.5 Å². The third-order valence-corrected chi connectivity index (χ3v) is 5.54. The van der Waals surface area contributed by atoms with Gasteiger partial charge in [-0.15, -0.1) is 0 Å². The van der Waals surface area contributed by atoms with Crippen LogP contribution in [0.3, 0.4) is 0 Å². The van der Waals surface area contributed by atoms with Crippen LogP contribution in [0.5, 0.6) is 0 Å². The van der Waals surface area contributed by atoms with E-state index < -0.39 is 5.97 Å². The van der Waals surface area contributed by atoms with Crippen LogP contribution in [-0.4, -0.2) is 29.5 Å². The van der Waals surface area contributed by atoms with E-state index in [2.05, 4.69) is 4.98 Å². The van der Waals surface area contributed by atoms with Gasteiger partial charge in [-0.25, -0.2) is 4.79 Å². The molecule has 4 rings (SSSR count). The summed E-state index contributed by atoms with van der Waals surface area (Å²) in [5.41, 5.74) is 1.13. The number of carbonyl (C=O) groups excluding carboxylic acids is 2. The van der Waals surface area contributed by atoms with Crippen LogP contribution in [0, 0.1) is 0 Å². The Morgan fingerprint density at radius 2 is 1.67 bits per heavy atom. The molecule has 1 saturated carbocycles. The number of amides is 1. The zero-order valence-electron chi connectivity index (χ0n) is 16.7. The van der Waals surface area contributed by atoms with Gasteiger partial charge in [-0.2, -0.15) is 0 Å². The molecule has 0 atom stereocenters. The molecule has 2 aromatic carbocycles. The highest BCUT2D eigenvalue weighted by Gasteiger charge is 2.27. The van der Waals surface area contributed by atoms with Crippen molar-refractivity contribution in [3.05, 3.63) is 76.6 Å². The number of rotatable bonds is 5. The van der Waals surface area contributed by atoms with Gasteiger partial charge in [-0.3, -0.25) is 9.59 Å². The Bertz CT molecular complexity index is 1100. The predicted molar refractivity (Wildman–Crippen MR) is 116 cm³/mol. The lowest BCUT2D eigenvalue weighted by atomic mass is 9.93. The molecule has 1 aliphatic rings. The van der Waals surface area contributed by atoms with Crippen LogP contribution >= 0.6 is 0 Å². The molecule has 0 spiro atoms. The number of pyridine rings is 1. The number of para-hydroxylation sites is 2. The van der Waals surface area contributed by atoms with Gasteiger partial charge in [0.25, 0.3) is 5.91 Å². The molecule has 154 valence electrons. The molecule has 0 radical (unpaired) electrons. The number of anilines is 1. The summed E-state index contributed by atoms with van der Waals surface area (Å²) in [6, 6.07) is 17.8. The van der Waals surface area contributed by atoms with E-state index in [0.29, 0.717) is 10.9 Å². The number of carbonyl (C=O) groups is 2. The van der Waals surface area contributed by atoms with E-state index in [1.165, 1.54) is 12.5 Å².